The van der Waals surface area contributed by atoms with Crippen LogP contribution in [0.2, 0.25) is 0 Å². The van der Waals surface area contributed by atoms with Gasteiger partial charge in [-0.1, -0.05) is 0 Å². The van der Waals surface area contributed by atoms with Crippen LogP contribution in [0.4, 0.5) is 0 Å². The molecule has 4 rings (SSSR count). The molecule has 1 saturated carbocycles. The number of thiophene rings is 1. The first-order valence-corrected chi connectivity index (χ1v) is 9.20. The van der Waals surface area contributed by atoms with E-state index in [1.165, 1.54) is 0 Å². The van der Waals surface area contributed by atoms with Gasteiger partial charge in [0.25, 0.3) is 5.91 Å². The standard InChI is InChI=1S/C18H18N4O3S/c1-9-15-12(7-13(10-3-4-10)20-16(15)22(2)21-9)17(23)19-8-11-5-6-14(26-11)18(24)25/h5-7,10H,3-4,8H2,1-2H3,(H,19,23)(H,24,25). The molecule has 0 unspecified atom stereocenters. The molecular weight excluding hydrogens is 352 g/mol. The van der Waals surface area contributed by atoms with Crippen molar-refractivity contribution in [2.24, 2.45) is 7.05 Å². The van der Waals surface area contributed by atoms with Crippen LogP contribution < -0.4 is 5.32 Å². The number of aromatic nitrogens is 3. The molecule has 3 aromatic heterocycles. The number of carbonyl (C=O) groups excluding carboxylic acids is 1. The molecule has 0 radical (unpaired) electrons. The summed E-state index contributed by atoms with van der Waals surface area (Å²) >= 11 is 1.16. The molecule has 2 N–H and O–H groups in total. The van der Waals surface area contributed by atoms with E-state index < -0.39 is 5.97 Å². The van der Waals surface area contributed by atoms with E-state index in [0.29, 0.717) is 18.0 Å². The number of aryl methyl sites for hydroxylation is 2. The summed E-state index contributed by atoms with van der Waals surface area (Å²) in [5.74, 6) is -0.722. The van der Waals surface area contributed by atoms with Crippen LogP contribution in [-0.2, 0) is 13.6 Å². The minimum Gasteiger partial charge on any atom is -0.477 e. The molecule has 26 heavy (non-hydrogen) atoms. The summed E-state index contributed by atoms with van der Waals surface area (Å²) in [6.07, 6.45) is 2.20. The van der Waals surface area contributed by atoms with E-state index in [4.69, 9.17) is 10.1 Å². The zero-order valence-electron chi connectivity index (χ0n) is 14.4. The molecule has 1 amide bonds. The van der Waals surface area contributed by atoms with Crippen molar-refractivity contribution in [2.75, 3.05) is 0 Å². The molecule has 0 bridgehead atoms. The summed E-state index contributed by atoms with van der Waals surface area (Å²) in [5, 5.41) is 17.1. The third kappa shape index (κ3) is 2.96. The molecule has 7 nitrogen and oxygen atoms in total. The second kappa shape index (κ2) is 6.21. The predicted molar refractivity (Wildman–Crippen MR) is 97.7 cm³/mol. The number of carboxylic acids is 1. The number of aromatic carboxylic acids is 1. The lowest BCUT2D eigenvalue weighted by Crippen LogP contribution is -2.23. The smallest absolute Gasteiger partial charge is 0.345 e. The highest BCUT2D eigenvalue weighted by atomic mass is 32.1. The van der Waals surface area contributed by atoms with E-state index in [2.05, 4.69) is 10.4 Å². The van der Waals surface area contributed by atoms with Crippen molar-refractivity contribution in [1.29, 1.82) is 0 Å². The Morgan fingerprint density at radius 3 is 2.81 bits per heavy atom. The molecule has 0 spiro atoms. The normalized spacial score (nSPS) is 13.9. The van der Waals surface area contributed by atoms with Crippen molar-refractivity contribution in [3.63, 3.8) is 0 Å². The van der Waals surface area contributed by atoms with Crippen LogP contribution in [0.25, 0.3) is 11.0 Å². The molecule has 134 valence electrons. The zero-order valence-corrected chi connectivity index (χ0v) is 15.3. The van der Waals surface area contributed by atoms with Gasteiger partial charge in [-0.25, -0.2) is 9.78 Å². The van der Waals surface area contributed by atoms with Gasteiger partial charge in [0.15, 0.2) is 5.65 Å². The van der Waals surface area contributed by atoms with Crippen LogP contribution in [0.15, 0.2) is 18.2 Å². The number of hydrogen-bond donors (Lipinski definition) is 2. The van der Waals surface area contributed by atoms with Gasteiger partial charge in [0.1, 0.15) is 4.88 Å². The van der Waals surface area contributed by atoms with Gasteiger partial charge in [-0.05, 0) is 38.0 Å². The minimum atomic E-state index is -0.955. The van der Waals surface area contributed by atoms with Gasteiger partial charge in [-0.15, -0.1) is 11.3 Å². The van der Waals surface area contributed by atoms with E-state index in [1.807, 2.05) is 20.0 Å². The molecule has 3 aromatic rings. The van der Waals surface area contributed by atoms with E-state index >= 15 is 0 Å². The van der Waals surface area contributed by atoms with Gasteiger partial charge in [-0.3, -0.25) is 9.48 Å². The van der Waals surface area contributed by atoms with Crippen LogP contribution >= 0.6 is 11.3 Å². The molecule has 0 aromatic carbocycles. The molecule has 1 aliphatic rings. The van der Waals surface area contributed by atoms with E-state index in [9.17, 15) is 9.59 Å². The monoisotopic (exact) mass is 370 g/mol. The SMILES string of the molecule is Cc1nn(C)c2nc(C3CC3)cc(C(=O)NCc3ccc(C(=O)O)s3)c12. The third-order valence-corrected chi connectivity index (χ3v) is 5.60. The number of hydrogen-bond acceptors (Lipinski definition) is 5. The average Bonchev–Trinajstić information content (AvgIpc) is 3.28. The van der Waals surface area contributed by atoms with Crippen molar-refractivity contribution >= 4 is 34.2 Å². The number of carboxylic acid groups (broad SMARTS) is 1. The van der Waals surface area contributed by atoms with E-state index in [-0.39, 0.29) is 10.8 Å². The topological polar surface area (TPSA) is 97.1 Å². The lowest BCUT2D eigenvalue weighted by molar-refractivity contribution is 0.0702. The second-order valence-electron chi connectivity index (χ2n) is 6.53. The first kappa shape index (κ1) is 16.7. The minimum absolute atomic E-state index is 0.194. The van der Waals surface area contributed by atoms with Crippen molar-refractivity contribution in [1.82, 2.24) is 20.1 Å². The first-order valence-electron chi connectivity index (χ1n) is 8.38. The van der Waals surface area contributed by atoms with Gasteiger partial charge in [0.05, 0.1) is 23.2 Å². The summed E-state index contributed by atoms with van der Waals surface area (Å²) in [6.45, 7) is 2.16. The first-order chi connectivity index (χ1) is 12.4. The Balaban J connectivity index is 1.64. The maximum atomic E-state index is 12.8. The van der Waals surface area contributed by atoms with Crippen LogP contribution in [0, 0.1) is 6.92 Å². The quantitative estimate of drug-likeness (QED) is 0.720. The highest BCUT2D eigenvalue weighted by molar-refractivity contribution is 7.13. The number of amides is 1. The molecule has 0 atom stereocenters. The molecule has 0 aliphatic heterocycles. The highest BCUT2D eigenvalue weighted by Gasteiger charge is 2.28. The van der Waals surface area contributed by atoms with Gasteiger partial charge >= 0.3 is 5.97 Å². The average molecular weight is 370 g/mol. The molecular formula is C18H18N4O3S. The fourth-order valence-electron chi connectivity index (χ4n) is 3.08. The van der Waals surface area contributed by atoms with Gasteiger partial charge < -0.3 is 10.4 Å². The molecule has 0 saturated heterocycles. The Kier molecular flexibility index (Phi) is 3.99. The Morgan fingerprint density at radius 1 is 1.38 bits per heavy atom. The summed E-state index contributed by atoms with van der Waals surface area (Å²) < 4.78 is 1.71. The number of nitrogens with one attached hydrogen (secondary N) is 1. The molecule has 3 heterocycles. The highest BCUT2D eigenvalue weighted by Crippen LogP contribution is 2.40. The molecule has 1 fully saturated rings. The van der Waals surface area contributed by atoms with E-state index in [1.54, 1.807) is 16.8 Å². The third-order valence-electron chi connectivity index (χ3n) is 4.52. The van der Waals surface area contributed by atoms with Crippen molar-refractivity contribution in [3.8, 4) is 0 Å². The zero-order chi connectivity index (χ0) is 18.4. The Morgan fingerprint density at radius 2 is 2.15 bits per heavy atom. The van der Waals surface area contributed by atoms with Gasteiger partial charge in [-0.2, -0.15) is 5.10 Å². The van der Waals surface area contributed by atoms with Crippen LogP contribution in [0.5, 0.6) is 0 Å². The largest absolute Gasteiger partial charge is 0.477 e. The summed E-state index contributed by atoms with van der Waals surface area (Å²) in [4.78, 5) is 29.6. The van der Waals surface area contributed by atoms with Crippen molar-refractivity contribution in [2.45, 2.75) is 32.2 Å². The number of rotatable bonds is 5. The van der Waals surface area contributed by atoms with Gasteiger partial charge in [0, 0.05) is 23.5 Å². The fourth-order valence-corrected chi connectivity index (χ4v) is 3.87. The maximum absolute atomic E-state index is 12.8. The van der Waals surface area contributed by atoms with Crippen LogP contribution in [-0.4, -0.2) is 31.7 Å². The lowest BCUT2D eigenvalue weighted by Gasteiger charge is -2.08. The number of nitrogens with zero attached hydrogens (tertiary/aromatic N) is 3. The van der Waals surface area contributed by atoms with Crippen LogP contribution in [0.3, 0.4) is 0 Å². The van der Waals surface area contributed by atoms with Crippen molar-refractivity contribution < 1.29 is 14.7 Å². The van der Waals surface area contributed by atoms with Gasteiger partial charge in [0.2, 0.25) is 0 Å². The van der Waals surface area contributed by atoms with Crippen LogP contribution in [0.1, 0.15) is 55.1 Å². The Labute approximate surface area is 153 Å². The van der Waals surface area contributed by atoms with E-state index in [0.717, 1.165) is 51.5 Å². The number of carbonyl (C=O) groups is 2. The summed E-state index contributed by atoms with van der Waals surface area (Å²) in [6, 6.07) is 5.15. The fraction of sp³-hybridized carbons (Fsp3) is 0.333. The Bertz CT molecular complexity index is 1030. The molecule has 8 heteroatoms. The van der Waals surface area contributed by atoms with Crippen molar-refractivity contribution in [3.05, 3.63) is 44.9 Å². The lowest BCUT2D eigenvalue weighted by atomic mass is 10.1. The summed E-state index contributed by atoms with van der Waals surface area (Å²) in [5.41, 5.74) is 3.01. The Hall–Kier alpha value is -2.74. The number of fused-ring (bicyclic) bond motifs is 1. The predicted octanol–water partition coefficient (Wildman–Crippen LogP) is 2.84. The number of pyridine rings is 1. The second-order valence-corrected chi connectivity index (χ2v) is 7.70. The maximum Gasteiger partial charge on any atom is 0.345 e. The summed E-state index contributed by atoms with van der Waals surface area (Å²) in [7, 11) is 1.83. The molecule has 1 aliphatic carbocycles.